The molecule has 1 aromatic carbocycles. The standard InChI is InChI=1S/C15H20N2O/c1-2-17-13(11-16-8-3-4-9-16)10-12-6-5-7-14(18)15(12)17/h5-7,10,18H,2-4,8-9,11H2,1H3. The van der Waals surface area contributed by atoms with Crippen LogP contribution >= 0.6 is 0 Å². The summed E-state index contributed by atoms with van der Waals surface area (Å²) < 4.78 is 2.24. The van der Waals surface area contributed by atoms with E-state index >= 15 is 0 Å². The van der Waals surface area contributed by atoms with E-state index in [-0.39, 0.29) is 0 Å². The first kappa shape index (κ1) is 11.6. The largest absolute Gasteiger partial charge is 0.506 e. The van der Waals surface area contributed by atoms with Crippen LogP contribution in [0.1, 0.15) is 25.5 Å². The second-order valence-corrected chi connectivity index (χ2v) is 5.08. The summed E-state index contributed by atoms with van der Waals surface area (Å²) in [7, 11) is 0. The number of phenolic OH excluding ortho intramolecular Hbond substituents is 1. The Hall–Kier alpha value is -1.48. The summed E-state index contributed by atoms with van der Waals surface area (Å²) in [5.74, 6) is 0.391. The molecule has 0 saturated carbocycles. The minimum absolute atomic E-state index is 0.391. The Kier molecular flexibility index (Phi) is 3.00. The Morgan fingerprint density at radius 3 is 2.72 bits per heavy atom. The van der Waals surface area contributed by atoms with Crippen molar-refractivity contribution in [1.82, 2.24) is 9.47 Å². The van der Waals surface area contributed by atoms with E-state index in [1.807, 2.05) is 6.07 Å². The molecular formula is C15H20N2O. The van der Waals surface area contributed by atoms with Crippen LogP contribution in [0.2, 0.25) is 0 Å². The van der Waals surface area contributed by atoms with E-state index in [1.54, 1.807) is 6.07 Å². The van der Waals surface area contributed by atoms with Crippen molar-refractivity contribution < 1.29 is 5.11 Å². The summed E-state index contributed by atoms with van der Waals surface area (Å²) in [4.78, 5) is 2.50. The van der Waals surface area contributed by atoms with Crippen LogP contribution in [0, 0.1) is 0 Å². The summed E-state index contributed by atoms with van der Waals surface area (Å²) in [6, 6.07) is 7.98. The molecule has 1 aliphatic rings. The van der Waals surface area contributed by atoms with Crippen LogP contribution in [-0.2, 0) is 13.1 Å². The molecule has 1 saturated heterocycles. The number of rotatable bonds is 3. The molecule has 0 aliphatic carbocycles. The maximum atomic E-state index is 10.0. The summed E-state index contributed by atoms with van der Waals surface area (Å²) in [6.07, 6.45) is 2.63. The van der Waals surface area contributed by atoms with Crippen LogP contribution < -0.4 is 0 Å². The Morgan fingerprint density at radius 2 is 2.00 bits per heavy atom. The molecule has 0 unspecified atom stereocenters. The highest BCUT2D eigenvalue weighted by Crippen LogP contribution is 2.29. The molecule has 3 rings (SSSR count). The highest BCUT2D eigenvalue weighted by atomic mass is 16.3. The number of para-hydroxylation sites is 1. The maximum Gasteiger partial charge on any atom is 0.139 e. The normalized spacial score (nSPS) is 16.7. The van der Waals surface area contributed by atoms with Crippen molar-refractivity contribution in [3.05, 3.63) is 30.0 Å². The fourth-order valence-corrected chi connectivity index (χ4v) is 3.02. The molecule has 3 heteroatoms. The van der Waals surface area contributed by atoms with Crippen molar-refractivity contribution in [3.63, 3.8) is 0 Å². The molecule has 3 nitrogen and oxygen atoms in total. The van der Waals surface area contributed by atoms with Gasteiger partial charge in [0.2, 0.25) is 0 Å². The number of aromatic nitrogens is 1. The monoisotopic (exact) mass is 244 g/mol. The summed E-state index contributed by atoms with van der Waals surface area (Å²) >= 11 is 0. The number of hydrogen-bond donors (Lipinski definition) is 1. The number of aryl methyl sites for hydroxylation is 1. The molecule has 0 amide bonds. The lowest BCUT2D eigenvalue weighted by molar-refractivity contribution is 0.322. The molecule has 1 fully saturated rings. The maximum absolute atomic E-state index is 10.0. The average molecular weight is 244 g/mol. The van der Waals surface area contributed by atoms with Gasteiger partial charge in [-0.25, -0.2) is 0 Å². The molecule has 0 atom stereocenters. The van der Waals surface area contributed by atoms with Gasteiger partial charge < -0.3 is 9.67 Å². The number of phenols is 1. The quantitative estimate of drug-likeness (QED) is 0.899. The molecule has 1 aliphatic heterocycles. The van der Waals surface area contributed by atoms with E-state index in [0.717, 1.165) is 24.0 Å². The fraction of sp³-hybridized carbons (Fsp3) is 0.467. The highest BCUT2D eigenvalue weighted by molar-refractivity contribution is 5.86. The molecular weight excluding hydrogens is 224 g/mol. The summed E-state index contributed by atoms with van der Waals surface area (Å²) in [5, 5.41) is 11.2. The predicted octanol–water partition coefficient (Wildman–Crippen LogP) is 2.96. The van der Waals surface area contributed by atoms with Gasteiger partial charge >= 0.3 is 0 Å². The summed E-state index contributed by atoms with van der Waals surface area (Å²) in [6.45, 7) is 6.46. The molecule has 96 valence electrons. The van der Waals surface area contributed by atoms with Crippen LogP contribution in [0.15, 0.2) is 24.3 Å². The summed E-state index contributed by atoms with van der Waals surface area (Å²) in [5.41, 5.74) is 2.30. The van der Waals surface area contributed by atoms with Gasteiger partial charge in [0.05, 0.1) is 5.52 Å². The minimum Gasteiger partial charge on any atom is -0.506 e. The Labute approximate surface area is 108 Å². The highest BCUT2D eigenvalue weighted by Gasteiger charge is 2.16. The van der Waals surface area contributed by atoms with Gasteiger partial charge in [0.25, 0.3) is 0 Å². The number of aromatic hydroxyl groups is 1. The van der Waals surface area contributed by atoms with Crippen molar-refractivity contribution in [2.24, 2.45) is 0 Å². The van der Waals surface area contributed by atoms with Crippen molar-refractivity contribution in [1.29, 1.82) is 0 Å². The average Bonchev–Trinajstić information content (AvgIpc) is 2.97. The molecule has 0 bridgehead atoms. The SMILES string of the molecule is CCn1c(CN2CCCC2)cc2cccc(O)c21. The van der Waals surface area contributed by atoms with E-state index in [1.165, 1.54) is 31.6 Å². The molecule has 0 spiro atoms. The van der Waals surface area contributed by atoms with Crippen molar-refractivity contribution in [3.8, 4) is 5.75 Å². The number of benzene rings is 1. The van der Waals surface area contributed by atoms with Crippen molar-refractivity contribution >= 4 is 10.9 Å². The van der Waals surface area contributed by atoms with E-state index in [0.29, 0.717) is 5.75 Å². The minimum atomic E-state index is 0.391. The van der Waals surface area contributed by atoms with Crippen LogP contribution in [0.4, 0.5) is 0 Å². The predicted molar refractivity (Wildman–Crippen MR) is 73.8 cm³/mol. The van der Waals surface area contributed by atoms with Gasteiger partial charge in [-0.15, -0.1) is 0 Å². The third-order valence-electron chi connectivity index (χ3n) is 3.89. The zero-order chi connectivity index (χ0) is 12.5. The lowest BCUT2D eigenvalue weighted by atomic mass is 10.2. The van der Waals surface area contributed by atoms with Gasteiger partial charge in [0.1, 0.15) is 5.75 Å². The molecule has 1 aromatic heterocycles. The van der Waals surface area contributed by atoms with Gasteiger partial charge in [-0.05, 0) is 45.0 Å². The first-order chi connectivity index (χ1) is 8.79. The fourth-order valence-electron chi connectivity index (χ4n) is 3.02. The lowest BCUT2D eigenvalue weighted by Gasteiger charge is -2.16. The van der Waals surface area contributed by atoms with E-state index in [9.17, 15) is 5.11 Å². The van der Waals surface area contributed by atoms with Gasteiger partial charge in [-0.2, -0.15) is 0 Å². The molecule has 2 heterocycles. The first-order valence-corrected chi connectivity index (χ1v) is 6.82. The third-order valence-corrected chi connectivity index (χ3v) is 3.89. The topological polar surface area (TPSA) is 28.4 Å². The van der Waals surface area contributed by atoms with Crippen LogP contribution in [-0.4, -0.2) is 27.7 Å². The number of likely N-dealkylation sites (tertiary alicyclic amines) is 1. The zero-order valence-corrected chi connectivity index (χ0v) is 10.9. The van der Waals surface area contributed by atoms with Gasteiger partial charge in [0, 0.05) is 24.2 Å². The molecule has 2 aromatic rings. The molecule has 18 heavy (non-hydrogen) atoms. The molecule has 0 radical (unpaired) electrons. The lowest BCUT2D eigenvalue weighted by Crippen LogP contribution is -2.20. The molecule has 1 N–H and O–H groups in total. The Morgan fingerprint density at radius 1 is 1.22 bits per heavy atom. The van der Waals surface area contributed by atoms with Gasteiger partial charge in [-0.3, -0.25) is 4.90 Å². The smallest absolute Gasteiger partial charge is 0.139 e. The van der Waals surface area contributed by atoms with Gasteiger partial charge in [0.15, 0.2) is 0 Å². The van der Waals surface area contributed by atoms with E-state index < -0.39 is 0 Å². The Bertz CT molecular complexity index is 553. The first-order valence-electron chi connectivity index (χ1n) is 6.82. The van der Waals surface area contributed by atoms with Crippen LogP contribution in [0.3, 0.4) is 0 Å². The number of hydrogen-bond acceptors (Lipinski definition) is 2. The van der Waals surface area contributed by atoms with E-state index in [4.69, 9.17) is 0 Å². The second kappa shape index (κ2) is 4.65. The van der Waals surface area contributed by atoms with Crippen molar-refractivity contribution in [2.45, 2.75) is 32.9 Å². The van der Waals surface area contributed by atoms with Crippen LogP contribution in [0.25, 0.3) is 10.9 Å². The van der Waals surface area contributed by atoms with Crippen LogP contribution in [0.5, 0.6) is 5.75 Å². The van der Waals surface area contributed by atoms with Crippen molar-refractivity contribution in [2.75, 3.05) is 13.1 Å². The zero-order valence-electron chi connectivity index (χ0n) is 10.9. The van der Waals surface area contributed by atoms with E-state index in [2.05, 4.69) is 28.5 Å². The second-order valence-electron chi connectivity index (χ2n) is 5.08. The Balaban J connectivity index is 2.02. The third kappa shape index (κ3) is 1.89. The number of nitrogens with zero attached hydrogens (tertiary/aromatic N) is 2. The van der Waals surface area contributed by atoms with Gasteiger partial charge in [-0.1, -0.05) is 12.1 Å². The number of fused-ring (bicyclic) bond motifs is 1.